The number of fused-ring (bicyclic) bond motifs is 1. The molecule has 29 heavy (non-hydrogen) atoms. The second-order valence-electron chi connectivity index (χ2n) is 7.90. The second kappa shape index (κ2) is 7.26. The number of likely N-dealkylation sites (tertiary alicyclic amines) is 1. The van der Waals surface area contributed by atoms with E-state index in [1.54, 1.807) is 11.1 Å². The molecular weight excluding hydrogens is 386 g/mol. The number of urea groups is 1. The van der Waals surface area contributed by atoms with Crippen molar-refractivity contribution < 1.29 is 4.79 Å². The van der Waals surface area contributed by atoms with E-state index in [2.05, 4.69) is 10.3 Å². The lowest BCUT2D eigenvalue weighted by Crippen LogP contribution is -2.38. The number of hydrogen-bond acceptors (Lipinski definition) is 5. The number of hydrogen-bond donors (Lipinski definition) is 1. The summed E-state index contributed by atoms with van der Waals surface area (Å²) in [7, 11) is 0. The maximum Gasteiger partial charge on any atom is 0.324 e. The van der Waals surface area contributed by atoms with Crippen LogP contribution in [0.15, 0.2) is 35.3 Å². The van der Waals surface area contributed by atoms with Crippen molar-refractivity contribution in [2.75, 3.05) is 11.9 Å². The summed E-state index contributed by atoms with van der Waals surface area (Å²) < 4.78 is 1.82. The molecule has 8 heteroatoms. The number of rotatable bonds is 4. The van der Waals surface area contributed by atoms with Gasteiger partial charge in [-0.2, -0.15) is 0 Å². The van der Waals surface area contributed by atoms with Crippen molar-refractivity contribution in [3.05, 3.63) is 51.5 Å². The predicted molar refractivity (Wildman–Crippen MR) is 113 cm³/mol. The number of para-hydroxylation sites is 1. The highest BCUT2D eigenvalue weighted by Crippen LogP contribution is 2.35. The minimum atomic E-state index is -0.202. The lowest BCUT2D eigenvalue weighted by Gasteiger charge is -2.26. The number of thiazole rings is 1. The maximum absolute atomic E-state index is 13.2. The number of amides is 2. The molecule has 1 aliphatic carbocycles. The van der Waals surface area contributed by atoms with Crippen molar-refractivity contribution in [1.29, 1.82) is 0 Å². The van der Waals surface area contributed by atoms with Gasteiger partial charge in [0, 0.05) is 24.2 Å². The summed E-state index contributed by atoms with van der Waals surface area (Å²) in [4.78, 5) is 38.2. The molecule has 1 saturated heterocycles. The maximum atomic E-state index is 13.2. The van der Waals surface area contributed by atoms with E-state index in [-0.39, 0.29) is 17.6 Å². The van der Waals surface area contributed by atoms with E-state index < -0.39 is 0 Å². The van der Waals surface area contributed by atoms with Crippen LogP contribution in [-0.4, -0.2) is 32.0 Å². The number of carbonyl (C=O) groups excluding carboxylic acids is 1. The van der Waals surface area contributed by atoms with Gasteiger partial charge in [0.2, 0.25) is 0 Å². The van der Waals surface area contributed by atoms with Crippen molar-refractivity contribution in [3.8, 4) is 0 Å². The van der Waals surface area contributed by atoms with Gasteiger partial charge in [0.1, 0.15) is 5.82 Å². The molecule has 3 aromatic rings. The molecule has 2 aromatic heterocycles. The van der Waals surface area contributed by atoms with Crippen LogP contribution in [-0.2, 0) is 6.54 Å². The number of benzene rings is 1. The monoisotopic (exact) mass is 409 g/mol. The van der Waals surface area contributed by atoms with Crippen molar-refractivity contribution in [1.82, 2.24) is 19.4 Å². The van der Waals surface area contributed by atoms with Crippen LogP contribution in [0.5, 0.6) is 0 Å². The number of nitrogens with zero attached hydrogens (tertiary/aromatic N) is 4. The molecule has 7 nitrogen and oxygen atoms in total. The largest absolute Gasteiger partial charge is 0.324 e. The molecule has 0 bridgehead atoms. The third-order valence-electron chi connectivity index (χ3n) is 5.68. The topological polar surface area (TPSA) is 80.1 Å². The number of carbonyl (C=O) groups is 1. The van der Waals surface area contributed by atoms with Crippen LogP contribution in [0.25, 0.3) is 10.9 Å². The molecule has 1 unspecified atom stereocenters. The average molecular weight is 410 g/mol. The summed E-state index contributed by atoms with van der Waals surface area (Å²) >= 11 is 1.46. The van der Waals surface area contributed by atoms with Crippen molar-refractivity contribution in [2.45, 2.75) is 45.2 Å². The minimum Gasteiger partial charge on any atom is -0.314 e. The fourth-order valence-corrected chi connectivity index (χ4v) is 4.68. The van der Waals surface area contributed by atoms with Gasteiger partial charge in [0.05, 0.1) is 16.9 Å². The Morgan fingerprint density at radius 3 is 2.86 bits per heavy atom. The molecule has 1 aliphatic heterocycles. The number of aryl methyl sites for hydroxylation is 1. The summed E-state index contributed by atoms with van der Waals surface area (Å²) in [5, 5.41) is 4.15. The molecule has 2 fully saturated rings. The molecule has 0 radical (unpaired) electrons. The van der Waals surface area contributed by atoms with Crippen LogP contribution in [0, 0.1) is 12.8 Å². The van der Waals surface area contributed by atoms with E-state index in [0.29, 0.717) is 40.9 Å². The summed E-state index contributed by atoms with van der Waals surface area (Å²) in [6.45, 7) is 3.29. The Balaban J connectivity index is 1.52. The standard InChI is InChI=1S/C21H23N5O2S/c1-13-11-22-20(29-13)24-21(28)25-10-4-7-17(25)18-23-16-6-3-2-5-15(16)19(27)26(18)12-14-8-9-14/h2-3,5-6,11,14,17H,4,7-10,12H2,1H3,(H,22,24,28). The molecule has 1 atom stereocenters. The van der Waals surface area contributed by atoms with Gasteiger partial charge in [-0.1, -0.05) is 12.1 Å². The van der Waals surface area contributed by atoms with E-state index in [9.17, 15) is 9.59 Å². The fraction of sp³-hybridized carbons (Fsp3) is 0.429. The van der Waals surface area contributed by atoms with E-state index in [1.807, 2.05) is 35.8 Å². The van der Waals surface area contributed by atoms with Crippen LogP contribution in [0.1, 0.15) is 42.4 Å². The molecule has 1 saturated carbocycles. The molecule has 0 spiro atoms. The van der Waals surface area contributed by atoms with E-state index in [1.165, 1.54) is 11.3 Å². The molecule has 2 amide bonds. The molecule has 1 aromatic carbocycles. The number of anilines is 1. The Morgan fingerprint density at radius 1 is 1.28 bits per heavy atom. The number of nitrogens with one attached hydrogen (secondary N) is 1. The van der Waals surface area contributed by atoms with Crippen LogP contribution in [0.3, 0.4) is 0 Å². The highest BCUT2D eigenvalue weighted by Gasteiger charge is 2.35. The van der Waals surface area contributed by atoms with Gasteiger partial charge in [0.25, 0.3) is 5.56 Å². The Hall–Kier alpha value is -2.74. The highest BCUT2D eigenvalue weighted by molar-refractivity contribution is 7.15. The molecule has 150 valence electrons. The van der Waals surface area contributed by atoms with Gasteiger partial charge in [-0.05, 0) is 50.7 Å². The van der Waals surface area contributed by atoms with Gasteiger partial charge >= 0.3 is 6.03 Å². The fourth-order valence-electron chi connectivity index (χ4n) is 4.03. The van der Waals surface area contributed by atoms with E-state index in [4.69, 9.17) is 4.98 Å². The summed E-state index contributed by atoms with van der Waals surface area (Å²) in [6.07, 6.45) is 5.74. The SMILES string of the molecule is Cc1cnc(NC(=O)N2CCCC2c2nc3ccccc3c(=O)n2CC2CC2)s1. The third-order valence-corrected chi connectivity index (χ3v) is 6.50. The third kappa shape index (κ3) is 3.53. The van der Waals surface area contributed by atoms with Crippen LogP contribution >= 0.6 is 11.3 Å². The lowest BCUT2D eigenvalue weighted by atomic mass is 10.1. The van der Waals surface area contributed by atoms with Crippen LogP contribution in [0.4, 0.5) is 9.93 Å². The smallest absolute Gasteiger partial charge is 0.314 e. The van der Waals surface area contributed by atoms with Crippen molar-refractivity contribution in [2.24, 2.45) is 5.92 Å². The minimum absolute atomic E-state index is 0.000284. The van der Waals surface area contributed by atoms with Gasteiger partial charge in [0.15, 0.2) is 5.13 Å². The van der Waals surface area contributed by atoms with Crippen molar-refractivity contribution in [3.63, 3.8) is 0 Å². The zero-order chi connectivity index (χ0) is 20.0. The zero-order valence-corrected chi connectivity index (χ0v) is 17.1. The van der Waals surface area contributed by atoms with E-state index >= 15 is 0 Å². The predicted octanol–water partition coefficient (Wildman–Crippen LogP) is 3.94. The van der Waals surface area contributed by atoms with Crippen molar-refractivity contribution >= 4 is 33.4 Å². The Bertz CT molecular complexity index is 1130. The lowest BCUT2D eigenvalue weighted by molar-refractivity contribution is 0.203. The first kappa shape index (κ1) is 18.3. The molecule has 2 aliphatic rings. The Morgan fingerprint density at radius 2 is 2.10 bits per heavy atom. The molecule has 5 rings (SSSR count). The van der Waals surface area contributed by atoms with Crippen LogP contribution in [0.2, 0.25) is 0 Å². The first-order chi connectivity index (χ1) is 14.1. The molecule has 1 N–H and O–H groups in total. The Kier molecular flexibility index (Phi) is 4.58. The van der Waals surface area contributed by atoms with Crippen LogP contribution < -0.4 is 10.9 Å². The first-order valence-corrected chi connectivity index (χ1v) is 10.9. The van der Waals surface area contributed by atoms with Gasteiger partial charge in [-0.15, -0.1) is 11.3 Å². The van der Waals surface area contributed by atoms with E-state index in [0.717, 1.165) is 30.6 Å². The summed E-state index contributed by atoms with van der Waals surface area (Å²) in [5.41, 5.74) is 0.697. The van der Waals surface area contributed by atoms with Gasteiger partial charge in [-0.25, -0.2) is 14.8 Å². The Labute approximate surface area is 172 Å². The normalized spacial score (nSPS) is 19.1. The summed E-state index contributed by atoms with van der Waals surface area (Å²) in [6, 6.07) is 7.10. The average Bonchev–Trinajstić information content (AvgIpc) is 3.23. The van der Waals surface area contributed by atoms with Gasteiger partial charge in [-0.3, -0.25) is 14.7 Å². The molecular formula is C21H23N5O2S. The molecule has 3 heterocycles. The second-order valence-corrected chi connectivity index (χ2v) is 9.14. The highest BCUT2D eigenvalue weighted by atomic mass is 32.1. The first-order valence-electron chi connectivity index (χ1n) is 10.1. The zero-order valence-electron chi connectivity index (χ0n) is 16.3. The quantitative estimate of drug-likeness (QED) is 0.708. The summed E-state index contributed by atoms with van der Waals surface area (Å²) in [5.74, 6) is 1.25. The van der Waals surface area contributed by atoms with Gasteiger partial charge < -0.3 is 4.90 Å². The number of aromatic nitrogens is 3.